The summed E-state index contributed by atoms with van der Waals surface area (Å²) in [5, 5.41) is 3.43. The van der Waals surface area contributed by atoms with Crippen LogP contribution in [-0.2, 0) is 11.3 Å². The van der Waals surface area contributed by atoms with Gasteiger partial charge in [-0.05, 0) is 66.1 Å². The maximum Gasteiger partial charge on any atom is 0.227 e. The van der Waals surface area contributed by atoms with E-state index < -0.39 is 0 Å². The first-order valence-electron chi connectivity index (χ1n) is 8.25. The lowest BCUT2D eigenvalue weighted by molar-refractivity contribution is -0.121. The predicted molar refractivity (Wildman–Crippen MR) is 102 cm³/mol. The number of para-hydroxylation sites is 1. The van der Waals surface area contributed by atoms with Gasteiger partial charge in [0.15, 0.2) is 0 Å². The fraction of sp³-hybridized carbons (Fsp3) is 0.316. The summed E-state index contributed by atoms with van der Waals surface area (Å²) < 4.78 is 14.8. The summed E-state index contributed by atoms with van der Waals surface area (Å²) in [6.07, 6.45) is 1.50. The van der Waals surface area contributed by atoms with Gasteiger partial charge in [-0.15, -0.1) is 0 Å². The number of carbonyl (C=O) groups is 1. The van der Waals surface area contributed by atoms with Gasteiger partial charge in [0.2, 0.25) is 5.91 Å². The van der Waals surface area contributed by atoms with E-state index in [2.05, 4.69) is 26.1 Å². The van der Waals surface area contributed by atoms with E-state index >= 15 is 0 Å². The van der Waals surface area contributed by atoms with E-state index in [1.165, 1.54) is 6.07 Å². The number of carbonyl (C=O) groups excluding carboxylic acids is 1. The number of benzene rings is 2. The zero-order chi connectivity index (χ0) is 17.8. The van der Waals surface area contributed by atoms with Crippen molar-refractivity contribution >= 4 is 39.1 Å². The fourth-order valence-corrected chi connectivity index (χ4v) is 3.66. The molecule has 3 nitrogen and oxygen atoms in total. The number of piperidine rings is 1. The van der Waals surface area contributed by atoms with Gasteiger partial charge in [-0.1, -0.05) is 29.8 Å². The molecule has 0 bridgehead atoms. The van der Waals surface area contributed by atoms with E-state index in [9.17, 15) is 9.18 Å². The van der Waals surface area contributed by atoms with Crippen LogP contribution in [0.3, 0.4) is 0 Å². The molecule has 0 spiro atoms. The quantitative estimate of drug-likeness (QED) is 0.740. The van der Waals surface area contributed by atoms with Crippen LogP contribution in [-0.4, -0.2) is 23.9 Å². The summed E-state index contributed by atoms with van der Waals surface area (Å²) in [6.45, 7) is 1.97. The number of nitrogens with one attached hydrogen (secondary N) is 1. The third kappa shape index (κ3) is 4.60. The summed E-state index contributed by atoms with van der Waals surface area (Å²) in [4.78, 5) is 14.6. The first-order chi connectivity index (χ1) is 12.0. The molecule has 0 aliphatic carbocycles. The minimum Gasteiger partial charge on any atom is -0.325 e. The Morgan fingerprint density at radius 1 is 1.20 bits per heavy atom. The van der Waals surface area contributed by atoms with Crippen molar-refractivity contribution in [2.24, 2.45) is 5.92 Å². The second-order valence-electron chi connectivity index (χ2n) is 6.22. The summed E-state index contributed by atoms with van der Waals surface area (Å²) in [5.74, 6) is -0.267. The molecule has 132 valence electrons. The molecular weight excluding hydrogens is 407 g/mol. The molecule has 25 heavy (non-hydrogen) atoms. The summed E-state index contributed by atoms with van der Waals surface area (Å²) >= 11 is 9.54. The second kappa shape index (κ2) is 8.30. The average molecular weight is 426 g/mol. The Hall–Kier alpha value is -1.43. The average Bonchev–Trinajstić information content (AvgIpc) is 2.61. The first-order valence-corrected chi connectivity index (χ1v) is 9.42. The lowest BCUT2D eigenvalue weighted by atomic mass is 9.95. The molecule has 0 unspecified atom stereocenters. The van der Waals surface area contributed by atoms with E-state index in [4.69, 9.17) is 11.6 Å². The van der Waals surface area contributed by atoms with E-state index in [-0.39, 0.29) is 17.6 Å². The molecule has 0 aromatic heterocycles. The highest BCUT2D eigenvalue weighted by molar-refractivity contribution is 9.10. The van der Waals surface area contributed by atoms with Gasteiger partial charge in [0.25, 0.3) is 0 Å². The van der Waals surface area contributed by atoms with Crippen LogP contribution in [0.2, 0.25) is 5.02 Å². The van der Waals surface area contributed by atoms with Crippen LogP contribution in [0.4, 0.5) is 10.1 Å². The van der Waals surface area contributed by atoms with Crippen molar-refractivity contribution in [1.29, 1.82) is 0 Å². The Labute approximate surface area is 160 Å². The maximum atomic E-state index is 13.9. The molecule has 3 rings (SSSR count). The lowest BCUT2D eigenvalue weighted by Gasteiger charge is -2.31. The van der Waals surface area contributed by atoms with Crippen molar-refractivity contribution in [3.63, 3.8) is 0 Å². The number of amides is 1. The molecule has 2 aromatic carbocycles. The third-order valence-electron chi connectivity index (χ3n) is 4.53. The van der Waals surface area contributed by atoms with Crippen LogP contribution >= 0.6 is 27.5 Å². The number of nitrogens with zero attached hydrogens (tertiary/aromatic N) is 1. The van der Waals surface area contributed by atoms with Gasteiger partial charge >= 0.3 is 0 Å². The minimum absolute atomic E-state index is 0.0283. The lowest BCUT2D eigenvalue weighted by Crippen LogP contribution is -2.38. The molecule has 0 saturated carbocycles. The number of anilines is 1. The molecule has 2 aromatic rings. The Morgan fingerprint density at radius 3 is 2.60 bits per heavy atom. The molecule has 1 aliphatic heterocycles. The molecule has 1 amide bonds. The molecular formula is C19H19BrClFN2O. The Bertz CT molecular complexity index is 743. The van der Waals surface area contributed by atoms with Crippen molar-refractivity contribution in [1.82, 2.24) is 4.90 Å². The summed E-state index contributed by atoms with van der Waals surface area (Å²) in [6, 6.07) is 12.3. The van der Waals surface area contributed by atoms with Gasteiger partial charge in [-0.3, -0.25) is 9.69 Å². The highest BCUT2D eigenvalue weighted by Crippen LogP contribution is 2.26. The Balaban J connectivity index is 1.55. The van der Waals surface area contributed by atoms with Crippen LogP contribution in [0.1, 0.15) is 18.4 Å². The predicted octanol–water partition coefficient (Wildman–Crippen LogP) is 5.09. The SMILES string of the molecule is O=C(Nc1ccccc1Br)C1CCN(Cc2c(F)cccc2Cl)CC1. The van der Waals surface area contributed by atoms with E-state index in [0.717, 1.165) is 36.1 Å². The molecule has 0 atom stereocenters. The topological polar surface area (TPSA) is 32.3 Å². The van der Waals surface area contributed by atoms with Crippen LogP contribution in [0.15, 0.2) is 46.9 Å². The molecule has 0 radical (unpaired) electrons. The number of rotatable bonds is 4. The van der Waals surface area contributed by atoms with E-state index in [0.29, 0.717) is 17.1 Å². The number of hydrogen-bond acceptors (Lipinski definition) is 2. The highest BCUT2D eigenvalue weighted by Gasteiger charge is 2.26. The van der Waals surface area contributed by atoms with Crippen LogP contribution in [0, 0.1) is 11.7 Å². The number of hydrogen-bond donors (Lipinski definition) is 1. The second-order valence-corrected chi connectivity index (χ2v) is 7.48. The standard InChI is InChI=1S/C19H19BrClFN2O/c20-15-4-1-2-7-18(15)23-19(25)13-8-10-24(11-9-13)12-14-16(21)5-3-6-17(14)22/h1-7,13H,8-12H2,(H,23,25). The van der Waals surface area contributed by atoms with E-state index in [1.54, 1.807) is 12.1 Å². The van der Waals surface area contributed by atoms with Crippen molar-refractivity contribution < 1.29 is 9.18 Å². The summed E-state index contributed by atoms with van der Waals surface area (Å²) in [5.41, 5.74) is 1.31. The van der Waals surface area contributed by atoms with Gasteiger partial charge < -0.3 is 5.32 Å². The normalized spacial score (nSPS) is 16.0. The molecule has 1 heterocycles. The van der Waals surface area contributed by atoms with Crippen molar-refractivity contribution in [3.8, 4) is 0 Å². The van der Waals surface area contributed by atoms with Crippen molar-refractivity contribution in [2.45, 2.75) is 19.4 Å². The van der Waals surface area contributed by atoms with Gasteiger partial charge in [-0.2, -0.15) is 0 Å². The zero-order valence-corrected chi connectivity index (χ0v) is 16.0. The molecule has 1 fully saturated rings. The monoisotopic (exact) mass is 424 g/mol. The minimum atomic E-state index is -0.277. The molecule has 1 saturated heterocycles. The molecule has 1 N–H and O–H groups in total. The number of halogens is 3. The molecule has 1 aliphatic rings. The zero-order valence-electron chi connectivity index (χ0n) is 13.6. The first kappa shape index (κ1) is 18.4. The van der Waals surface area contributed by atoms with Crippen LogP contribution < -0.4 is 5.32 Å². The third-order valence-corrected chi connectivity index (χ3v) is 5.58. The van der Waals surface area contributed by atoms with Gasteiger partial charge in [-0.25, -0.2) is 4.39 Å². The Kier molecular flexibility index (Phi) is 6.10. The maximum absolute atomic E-state index is 13.9. The fourth-order valence-electron chi connectivity index (χ4n) is 3.06. The van der Waals surface area contributed by atoms with Gasteiger partial charge in [0, 0.05) is 27.5 Å². The highest BCUT2D eigenvalue weighted by atomic mass is 79.9. The van der Waals surface area contributed by atoms with Gasteiger partial charge in [0.1, 0.15) is 5.82 Å². The van der Waals surface area contributed by atoms with Crippen molar-refractivity contribution in [2.75, 3.05) is 18.4 Å². The van der Waals surface area contributed by atoms with Crippen molar-refractivity contribution in [3.05, 3.63) is 63.3 Å². The van der Waals surface area contributed by atoms with E-state index in [1.807, 2.05) is 24.3 Å². The smallest absolute Gasteiger partial charge is 0.227 e. The van der Waals surface area contributed by atoms with Gasteiger partial charge in [0.05, 0.1) is 5.69 Å². The number of likely N-dealkylation sites (tertiary alicyclic amines) is 1. The summed E-state index contributed by atoms with van der Waals surface area (Å²) in [7, 11) is 0. The molecule has 6 heteroatoms. The van der Waals surface area contributed by atoms with Crippen LogP contribution in [0.5, 0.6) is 0 Å². The largest absolute Gasteiger partial charge is 0.325 e. The van der Waals surface area contributed by atoms with Crippen LogP contribution in [0.25, 0.3) is 0 Å². The Morgan fingerprint density at radius 2 is 1.92 bits per heavy atom.